The van der Waals surface area contributed by atoms with Crippen LogP contribution in [0.3, 0.4) is 0 Å². The van der Waals surface area contributed by atoms with Crippen LogP contribution in [0.25, 0.3) is 0 Å². The Kier molecular flexibility index (Phi) is 4.08. The van der Waals surface area contributed by atoms with Gasteiger partial charge in [0.05, 0.1) is 17.6 Å². The third-order valence-corrected chi connectivity index (χ3v) is 7.19. The number of likely N-dealkylation sites (N-methyl/N-ethyl adjacent to an activating group) is 1. The first kappa shape index (κ1) is 17.0. The SMILES string of the molecule is CN1CCc2[nH]cnc2C12CCN(C(=O)C1CCc3ccccc3C1)CC2. The van der Waals surface area contributed by atoms with Gasteiger partial charge in [-0.15, -0.1) is 0 Å². The van der Waals surface area contributed by atoms with Crippen LogP contribution in [0.1, 0.15) is 41.8 Å². The highest BCUT2D eigenvalue weighted by atomic mass is 16.2. The lowest BCUT2D eigenvalue weighted by atomic mass is 9.78. The number of aryl methyl sites for hydroxylation is 1. The molecule has 1 aliphatic carbocycles. The molecule has 0 radical (unpaired) electrons. The highest BCUT2D eigenvalue weighted by Crippen LogP contribution is 2.41. The number of benzene rings is 1. The fourth-order valence-corrected chi connectivity index (χ4v) is 5.47. The van der Waals surface area contributed by atoms with Crippen LogP contribution in [-0.4, -0.2) is 52.4 Å². The average Bonchev–Trinajstić information content (AvgIpc) is 3.20. The van der Waals surface area contributed by atoms with Crippen LogP contribution in [-0.2, 0) is 29.6 Å². The monoisotopic (exact) mass is 364 g/mol. The summed E-state index contributed by atoms with van der Waals surface area (Å²) < 4.78 is 0. The second-order valence-electron chi connectivity index (χ2n) is 8.47. The molecular formula is C22H28N4O. The molecule has 1 unspecified atom stereocenters. The van der Waals surface area contributed by atoms with Crippen molar-refractivity contribution in [2.75, 3.05) is 26.7 Å². The van der Waals surface area contributed by atoms with Crippen LogP contribution >= 0.6 is 0 Å². The first-order valence-electron chi connectivity index (χ1n) is 10.3. The van der Waals surface area contributed by atoms with Crippen molar-refractivity contribution in [1.82, 2.24) is 19.8 Å². The van der Waals surface area contributed by atoms with E-state index in [1.807, 2.05) is 6.33 Å². The molecule has 27 heavy (non-hydrogen) atoms. The predicted molar refractivity (Wildman–Crippen MR) is 104 cm³/mol. The molecule has 0 saturated carbocycles. The minimum Gasteiger partial charge on any atom is -0.348 e. The number of hydrogen-bond donors (Lipinski definition) is 1. The second kappa shape index (κ2) is 6.48. The third-order valence-electron chi connectivity index (χ3n) is 7.19. The number of fused-ring (bicyclic) bond motifs is 3. The van der Waals surface area contributed by atoms with Gasteiger partial charge in [-0.05, 0) is 50.3 Å². The first-order valence-corrected chi connectivity index (χ1v) is 10.3. The van der Waals surface area contributed by atoms with Crippen molar-refractivity contribution >= 4 is 5.91 Å². The summed E-state index contributed by atoms with van der Waals surface area (Å²) in [5, 5.41) is 0. The number of piperidine rings is 1. The van der Waals surface area contributed by atoms with Gasteiger partial charge < -0.3 is 9.88 Å². The van der Waals surface area contributed by atoms with Gasteiger partial charge in [0.25, 0.3) is 0 Å². The van der Waals surface area contributed by atoms with Crippen LogP contribution in [0, 0.1) is 5.92 Å². The summed E-state index contributed by atoms with van der Waals surface area (Å²) in [5.74, 6) is 0.513. The van der Waals surface area contributed by atoms with Crippen molar-refractivity contribution in [3.05, 3.63) is 53.1 Å². The smallest absolute Gasteiger partial charge is 0.226 e. The largest absolute Gasteiger partial charge is 0.348 e. The number of rotatable bonds is 1. The normalized spacial score (nSPS) is 24.5. The van der Waals surface area contributed by atoms with Crippen LogP contribution in [0.15, 0.2) is 30.6 Å². The zero-order valence-electron chi connectivity index (χ0n) is 16.1. The molecule has 1 aromatic carbocycles. The highest BCUT2D eigenvalue weighted by molar-refractivity contribution is 5.79. The van der Waals surface area contributed by atoms with E-state index >= 15 is 0 Å². The summed E-state index contributed by atoms with van der Waals surface area (Å²) in [5.41, 5.74) is 5.30. The molecule has 0 bridgehead atoms. The zero-order valence-corrected chi connectivity index (χ0v) is 16.1. The molecule has 1 N–H and O–H groups in total. The number of amides is 1. The molecular weight excluding hydrogens is 336 g/mol. The van der Waals surface area contributed by atoms with E-state index in [-0.39, 0.29) is 11.5 Å². The average molecular weight is 364 g/mol. The van der Waals surface area contributed by atoms with Crippen molar-refractivity contribution < 1.29 is 4.79 Å². The number of carbonyl (C=O) groups excluding carboxylic acids is 1. The first-order chi connectivity index (χ1) is 13.2. The summed E-state index contributed by atoms with van der Waals surface area (Å²) in [6, 6.07) is 8.60. The number of nitrogens with zero attached hydrogens (tertiary/aromatic N) is 3. The quantitative estimate of drug-likeness (QED) is 0.846. The van der Waals surface area contributed by atoms with E-state index in [9.17, 15) is 4.79 Å². The molecule has 1 amide bonds. The van der Waals surface area contributed by atoms with Gasteiger partial charge in [0, 0.05) is 37.7 Å². The van der Waals surface area contributed by atoms with E-state index in [4.69, 9.17) is 0 Å². The maximum atomic E-state index is 13.2. The lowest BCUT2D eigenvalue weighted by molar-refractivity contribution is -0.139. The molecule has 1 fully saturated rings. The van der Waals surface area contributed by atoms with Crippen molar-refractivity contribution in [2.24, 2.45) is 5.92 Å². The van der Waals surface area contributed by atoms with E-state index in [2.05, 4.69) is 51.1 Å². The Labute approximate surface area is 160 Å². The van der Waals surface area contributed by atoms with Crippen LogP contribution in [0.4, 0.5) is 0 Å². The number of aromatic nitrogens is 2. The Hall–Kier alpha value is -2.14. The fourth-order valence-electron chi connectivity index (χ4n) is 5.47. The lowest BCUT2D eigenvalue weighted by Gasteiger charge is -2.49. The van der Waals surface area contributed by atoms with Gasteiger partial charge in [-0.1, -0.05) is 24.3 Å². The Balaban J connectivity index is 1.30. The van der Waals surface area contributed by atoms with Gasteiger partial charge in [0.2, 0.25) is 5.91 Å². The number of nitrogens with one attached hydrogen (secondary N) is 1. The summed E-state index contributed by atoms with van der Waals surface area (Å²) in [6.45, 7) is 2.74. The van der Waals surface area contributed by atoms with E-state index in [0.717, 1.165) is 58.2 Å². The van der Waals surface area contributed by atoms with Crippen LogP contribution in [0.2, 0.25) is 0 Å². The molecule has 5 nitrogen and oxygen atoms in total. The zero-order chi connectivity index (χ0) is 18.4. The molecule has 1 spiro atoms. The van der Waals surface area contributed by atoms with Gasteiger partial charge in [-0.2, -0.15) is 0 Å². The van der Waals surface area contributed by atoms with Gasteiger partial charge in [0.15, 0.2) is 0 Å². The molecule has 5 heteroatoms. The van der Waals surface area contributed by atoms with E-state index in [1.165, 1.54) is 22.5 Å². The van der Waals surface area contributed by atoms with Crippen molar-refractivity contribution in [3.63, 3.8) is 0 Å². The molecule has 142 valence electrons. The number of aromatic amines is 1. The number of carbonyl (C=O) groups is 1. The molecule has 3 heterocycles. The van der Waals surface area contributed by atoms with E-state index in [0.29, 0.717) is 5.91 Å². The predicted octanol–water partition coefficient (Wildman–Crippen LogP) is 2.52. The Morgan fingerprint density at radius 1 is 1.15 bits per heavy atom. The molecule has 1 aromatic heterocycles. The van der Waals surface area contributed by atoms with E-state index in [1.54, 1.807) is 0 Å². The molecule has 5 rings (SSSR count). The van der Waals surface area contributed by atoms with Crippen molar-refractivity contribution in [3.8, 4) is 0 Å². The van der Waals surface area contributed by atoms with Gasteiger partial charge in [0.1, 0.15) is 0 Å². The molecule has 2 aromatic rings. The van der Waals surface area contributed by atoms with Gasteiger partial charge >= 0.3 is 0 Å². The fraction of sp³-hybridized carbons (Fsp3) is 0.545. The Morgan fingerprint density at radius 3 is 2.74 bits per heavy atom. The number of hydrogen-bond acceptors (Lipinski definition) is 3. The minimum atomic E-state index is 0.00350. The molecule has 3 aliphatic rings. The standard InChI is InChI=1S/C22H28N4O/c1-25-11-8-19-20(24-15-23-19)22(25)9-12-26(13-10-22)21(27)18-7-6-16-4-2-3-5-17(16)14-18/h2-5,15,18H,6-14H2,1H3,(H,23,24). The number of imidazole rings is 1. The number of H-pyrrole nitrogens is 1. The number of likely N-dealkylation sites (tertiary alicyclic amines) is 1. The molecule has 1 saturated heterocycles. The van der Waals surface area contributed by atoms with Gasteiger partial charge in [-0.25, -0.2) is 4.98 Å². The summed E-state index contributed by atoms with van der Waals surface area (Å²) in [6.07, 6.45) is 7.76. The van der Waals surface area contributed by atoms with Crippen molar-refractivity contribution in [2.45, 2.75) is 44.1 Å². The minimum absolute atomic E-state index is 0.00350. The third kappa shape index (κ3) is 2.71. The Morgan fingerprint density at radius 2 is 1.93 bits per heavy atom. The maximum absolute atomic E-state index is 13.2. The van der Waals surface area contributed by atoms with Crippen LogP contribution < -0.4 is 0 Å². The maximum Gasteiger partial charge on any atom is 0.226 e. The molecule has 2 aliphatic heterocycles. The molecule has 1 atom stereocenters. The van der Waals surface area contributed by atoms with E-state index < -0.39 is 0 Å². The van der Waals surface area contributed by atoms with Gasteiger partial charge in [-0.3, -0.25) is 9.69 Å². The van der Waals surface area contributed by atoms with Crippen molar-refractivity contribution in [1.29, 1.82) is 0 Å². The Bertz CT molecular complexity index is 850. The summed E-state index contributed by atoms with van der Waals surface area (Å²) in [4.78, 5) is 25.8. The topological polar surface area (TPSA) is 52.2 Å². The second-order valence-corrected chi connectivity index (χ2v) is 8.47. The summed E-state index contributed by atoms with van der Waals surface area (Å²) in [7, 11) is 2.22. The summed E-state index contributed by atoms with van der Waals surface area (Å²) >= 11 is 0. The van der Waals surface area contributed by atoms with Crippen LogP contribution in [0.5, 0.6) is 0 Å². The lowest BCUT2D eigenvalue weighted by Crippen LogP contribution is -2.56. The highest BCUT2D eigenvalue weighted by Gasteiger charge is 2.46.